The van der Waals surface area contributed by atoms with Gasteiger partial charge in [0.25, 0.3) is 0 Å². The van der Waals surface area contributed by atoms with Crippen LogP contribution < -0.4 is 0 Å². The molecule has 0 amide bonds. The van der Waals surface area contributed by atoms with E-state index in [1.54, 1.807) is 0 Å². The standard InChI is InChI=1S/C28H30O3/c1-18-15-16-20-10-4-5-12-22(20)25(17-18)26(28(30)31-3)27(29)24-14-8-9-19(2)21-11-6-7-13-23(21)24/h4-7,10-14,17-19,26H,8-9,15-16H2,1-3H3. The first kappa shape index (κ1) is 21.3. The molecule has 0 saturated carbocycles. The zero-order valence-electron chi connectivity index (χ0n) is 18.6. The van der Waals surface area contributed by atoms with Gasteiger partial charge in [0.1, 0.15) is 5.92 Å². The van der Waals surface area contributed by atoms with E-state index in [9.17, 15) is 9.59 Å². The van der Waals surface area contributed by atoms with Crippen LogP contribution in [0.3, 0.4) is 0 Å². The highest BCUT2D eigenvalue weighted by Crippen LogP contribution is 2.39. The molecule has 2 aromatic rings. The lowest BCUT2D eigenvalue weighted by atomic mass is 9.81. The molecule has 160 valence electrons. The van der Waals surface area contributed by atoms with E-state index in [1.807, 2.05) is 42.5 Å². The second kappa shape index (κ2) is 9.05. The second-order valence-electron chi connectivity index (χ2n) is 8.80. The van der Waals surface area contributed by atoms with Crippen LogP contribution in [-0.2, 0) is 20.7 Å². The smallest absolute Gasteiger partial charge is 0.321 e. The predicted molar refractivity (Wildman–Crippen MR) is 124 cm³/mol. The van der Waals surface area contributed by atoms with E-state index in [0.29, 0.717) is 11.5 Å². The zero-order chi connectivity index (χ0) is 22.0. The van der Waals surface area contributed by atoms with Crippen LogP contribution in [0.5, 0.6) is 0 Å². The van der Waals surface area contributed by atoms with E-state index >= 15 is 0 Å². The highest BCUT2D eigenvalue weighted by atomic mass is 16.5. The summed E-state index contributed by atoms with van der Waals surface area (Å²) in [7, 11) is 1.37. The van der Waals surface area contributed by atoms with Crippen LogP contribution in [0.2, 0.25) is 0 Å². The Hall–Kier alpha value is -2.94. The molecule has 0 bridgehead atoms. The minimum Gasteiger partial charge on any atom is -0.468 e. The number of Topliss-reactive ketones (excluding diaryl/α,β-unsaturated/α-hetero) is 1. The third-order valence-corrected chi connectivity index (χ3v) is 6.67. The summed E-state index contributed by atoms with van der Waals surface area (Å²) in [6, 6.07) is 16.2. The number of ketones is 1. The number of fused-ring (bicyclic) bond motifs is 2. The number of hydrogen-bond acceptors (Lipinski definition) is 3. The summed E-state index contributed by atoms with van der Waals surface area (Å²) in [5, 5.41) is 0. The summed E-state index contributed by atoms with van der Waals surface area (Å²) in [5.41, 5.74) is 5.72. The maximum atomic E-state index is 14.0. The summed E-state index contributed by atoms with van der Waals surface area (Å²) in [4.78, 5) is 27.1. The molecule has 0 spiro atoms. The Balaban J connectivity index is 1.85. The Bertz CT molecular complexity index is 1060. The average Bonchev–Trinajstić information content (AvgIpc) is 3.06. The minimum absolute atomic E-state index is 0.163. The number of benzene rings is 2. The number of ether oxygens (including phenoxy) is 1. The molecule has 3 nitrogen and oxygen atoms in total. The van der Waals surface area contributed by atoms with Crippen molar-refractivity contribution in [2.24, 2.45) is 11.8 Å². The Morgan fingerprint density at radius 2 is 1.68 bits per heavy atom. The van der Waals surface area contributed by atoms with Crippen molar-refractivity contribution in [2.45, 2.75) is 45.4 Å². The first-order chi connectivity index (χ1) is 15.0. The van der Waals surface area contributed by atoms with E-state index in [0.717, 1.165) is 42.4 Å². The molecular weight excluding hydrogens is 384 g/mol. The Kier molecular flexibility index (Phi) is 6.22. The van der Waals surface area contributed by atoms with Crippen LogP contribution in [0.25, 0.3) is 11.1 Å². The molecule has 4 rings (SSSR count). The lowest BCUT2D eigenvalue weighted by Gasteiger charge is -2.22. The van der Waals surface area contributed by atoms with Gasteiger partial charge in [-0.15, -0.1) is 0 Å². The van der Waals surface area contributed by atoms with E-state index < -0.39 is 11.9 Å². The SMILES string of the molecule is COC(=O)C(C(=O)C1=CCCC(C)c2ccccc21)C1=CC(C)CCc2ccccc21. The van der Waals surface area contributed by atoms with Crippen molar-refractivity contribution in [3.63, 3.8) is 0 Å². The van der Waals surface area contributed by atoms with Gasteiger partial charge in [-0.25, -0.2) is 0 Å². The minimum atomic E-state index is -0.959. The molecule has 0 saturated heterocycles. The first-order valence-electron chi connectivity index (χ1n) is 11.2. The van der Waals surface area contributed by atoms with Crippen molar-refractivity contribution >= 4 is 22.9 Å². The summed E-state index contributed by atoms with van der Waals surface area (Å²) >= 11 is 0. The highest BCUT2D eigenvalue weighted by Gasteiger charge is 2.37. The third kappa shape index (κ3) is 4.14. The van der Waals surface area contributed by atoms with Gasteiger partial charge in [-0.1, -0.05) is 74.5 Å². The molecule has 2 aliphatic carbocycles. The summed E-state index contributed by atoms with van der Waals surface area (Å²) in [6.45, 7) is 4.34. The number of carbonyl (C=O) groups excluding carboxylic acids is 2. The van der Waals surface area contributed by atoms with Crippen LogP contribution in [-0.4, -0.2) is 18.9 Å². The van der Waals surface area contributed by atoms with Crippen LogP contribution in [0, 0.1) is 11.8 Å². The van der Waals surface area contributed by atoms with Crippen LogP contribution in [0.15, 0.2) is 60.7 Å². The van der Waals surface area contributed by atoms with Gasteiger partial charge in [0.05, 0.1) is 7.11 Å². The fourth-order valence-electron chi connectivity index (χ4n) is 4.93. The molecule has 0 fully saturated rings. The first-order valence-corrected chi connectivity index (χ1v) is 11.2. The Morgan fingerprint density at radius 1 is 0.968 bits per heavy atom. The quantitative estimate of drug-likeness (QED) is 0.456. The van der Waals surface area contributed by atoms with Crippen LogP contribution in [0.1, 0.15) is 61.3 Å². The fourth-order valence-corrected chi connectivity index (χ4v) is 4.93. The predicted octanol–water partition coefficient (Wildman–Crippen LogP) is 5.99. The number of rotatable bonds is 4. The van der Waals surface area contributed by atoms with Gasteiger partial charge in [-0.05, 0) is 65.3 Å². The number of esters is 1. The molecular formula is C28H30O3. The molecule has 2 aliphatic rings. The molecule has 0 radical (unpaired) electrons. The number of carbonyl (C=O) groups is 2. The highest BCUT2D eigenvalue weighted by molar-refractivity contribution is 6.31. The van der Waals surface area contributed by atoms with Crippen molar-refractivity contribution < 1.29 is 14.3 Å². The molecule has 3 atom stereocenters. The average molecular weight is 415 g/mol. The van der Waals surface area contributed by atoms with Crippen LogP contribution >= 0.6 is 0 Å². The molecule has 0 heterocycles. The monoisotopic (exact) mass is 414 g/mol. The number of aryl methyl sites for hydroxylation is 1. The van der Waals surface area contributed by atoms with Gasteiger partial charge in [0.15, 0.2) is 5.78 Å². The lowest BCUT2D eigenvalue weighted by molar-refractivity contribution is -0.145. The van der Waals surface area contributed by atoms with E-state index in [-0.39, 0.29) is 11.7 Å². The number of hydrogen-bond donors (Lipinski definition) is 0. The van der Waals surface area contributed by atoms with Crippen molar-refractivity contribution in [2.75, 3.05) is 7.11 Å². The van der Waals surface area contributed by atoms with Gasteiger partial charge in [0.2, 0.25) is 0 Å². The molecule has 0 aliphatic heterocycles. The Labute approximate surface area is 184 Å². The molecule has 3 unspecified atom stereocenters. The van der Waals surface area contributed by atoms with Gasteiger partial charge in [-0.2, -0.15) is 0 Å². The summed E-state index contributed by atoms with van der Waals surface area (Å²) in [6.07, 6.45) is 7.86. The van der Waals surface area contributed by atoms with Crippen molar-refractivity contribution in [1.29, 1.82) is 0 Å². The molecule has 2 aromatic carbocycles. The van der Waals surface area contributed by atoms with Crippen LogP contribution in [0.4, 0.5) is 0 Å². The third-order valence-electron chi connectivity index (χ3n) is 6.67. The normalized spacial score (nSPS) is 21.4. The fraction of sp³-hybridized carbons (Fsp3) is 0.357. The number of allylic oxidation sites excluding steroid dienone is 3. The maximum Gasteiger partial charge on any atom is 0.321 e. The largest absolute Gasteiger partial charge is 0.468 e. The van der Waals surface area contributed by atoms with E-state index in [1.165, 1.54) is 18.2 Å². The Morgan fingerprint density at radius 3 is 2.45 bits per heavy atom. The molecule has 0 aromatic heterocycles. The van der Waals surface area contributed by atoms with Gasteiger partial charge >= 0.3 is 5.97 Å². The molecule has 3 heteroatoms. The topological polar surface area (TPSA) is 43.4 Å². The summed E-state index contributed by atoms with van der Waals surface area (Å²) < 4.78 is 5.18. The van der Waals surface area contributed by atoms with Gasteiger partial charge < -0.3 is 4.74 Å². The van der Waals surface area contributed by atoms with Crippen molar-refractivity contribution in [1.82, 2.24) is 0 Å². The van der Waals surface area contributed by atoms with Gasteiger partial charge in [0, 0.05) is 5.57 Å². The number of methoxy groups -OCH3 is 1. The molecule has 0 N–H and O–H groups in total. The van der Waals surface area contributed by atoms with Crippen molar-refractivity contribution in [3.8, 4) is 0 Å². The van der Waals surface area contributed by atoms with E-state index in [2.05, 4.69) is 32.1 Å². The van der Waals surface area contributed by atoms with E-state index in [4.69, 9.17) is 4.74 Å². The molecule has 31 heavy (non-hydrogen) atoms. The maximum absolute atomic E-state index is 14.0. The second-order valence-corrected chi connectivity index (χ2v) is 8.80. The lowest BCUT2D eigenvalue weighted by Crippen LogP contribution is -2.28. The van der Waals surface area contributed by atoms with Gasteiger partial charge in [-0.3, -0.25) is 9.59 Å². The summed E-state index contributed by atoms with van der Waals surface area (Å²) in [5.74, 6) is -0.969. The zero-order valence-corrected chi connectivity index (χ0v) is 18.6. The van der Waals surface area contributed by atoms with Crippen molar-refractivity contribution in [3.05, 3.63) is 82.9 Å².